The van der Waals surface area contributed by atoms with Crippen molar-refractivity contribution in [2.45, 2.75) is 24.5 Å². The van der Waals surface area contributed by atoms with Crippen LogP contribution in [-0.2, 0) is 0 Å². The first-order valence-corrected chi connectivity index (χ1v) is 6.25. The highest BCUT2D eigenvalue weighted by molar-refractivity contribution is 8.38. The van der Waals surface area contributed by atoms with Crippen molar-refractivity contribution in [1.29, 1.82) is 0 Å². The van der Waals surface area contributed by atoms with Crippen molar-refractivity contribution in [1.82, 2.24) is 0 Å². The van der Waals surface area contributed by atoms with Crippen LogP contribution in [0, 0.1) is 11.8 Å². The first-order valence-electron chi connectivity index (χ1n) is 4.22. The van der Waals surface area contributed by atoms with Gasteiger partial charge in [0, 0.05) is 4.75 Å². The lowest BCUT2D eigenvalue weighted by Crippen LogP contribution is -2.40. The summed E-state index contributed by atoms with van der Waals surface area (Å²) in [6.45, 7) is 2.45. The molecule has 0 aromatic carbocycles. The molecule has 10 heavy (non-hydrogen) atoms. The Labute approximate surface area is 63.8 Å². The van der Waals surface area contributed by atoms with E-state index in [2.05, 4.69) is 6.92 Å². The lowest BCUT2D eigenvalue weighted by atomic mass is 9.86. The molecule has 3 fully saturated rings. The molecule has 1 saturated heterocycles. The van der Waals surface area contributed by atoms with Crippen molar-refractivity contribution < 1.29 is 0 Å². The SMILES string of the molecule is CC1(S2(N)CC2)CC2CC21. The van der Waals surface area contributed by atoms with Crippen molar-refractivity contribution in [2.24, 2.45) is 17.0 Å². The van der Waals surface area contributed by atoms with Gasteiger partial charge >= 0.3 is 0 Å². The summed E-state index contributed by atoms with van der Waals surface area (Å²) in [4.78, 5) is 0. The summed E-state index contributed by atoms with van der Waals surface area (Å²) in [7, 11) is -0.523. The third-order valence-corrected chi connectivity index (χ3v) is 7.56. The second-order valence-corrected chi connectivity index (χ2v) is 8.11. The summed E-state index contributed by atoms with van der Waals surface area (Å²) in [6.07, 6.45) is 2.99. The van der Waals surface area contributed by atoms with Gasteiger partial charge in [0.2, 0.25) is 0 Å². The Morgan fingerprint density at radius 2 is 2.20 bits per heavy atom. The molecule has 0 radical (unpaired) electrons. The van der Waals surface area contributed by atoms with Gasteiger partial charge in [-0.05, 0) is 36.2 Å². The minimum atomic E-state index is -0.523. The average Bonchev–Trinajstić information content (AvgIpc) is 2.69. The molecule has 0 bridgehead atoms. The molecule has 2 heteroatoms. The van der Waals surface area contributed by atoms with E-state index in [4.69, 9.17) is 5.14 Å². The van der Waals surface area contributed by atoms with Gasteiger partial charge in [-0.15, -0.1) is 0 Å². The molecule has 2 saturated carbocycles. The Balaban J connectivity index is 1.90. The maximum Gasteiger partial charge on any atom is 0.0121 e. The van der Waals surface area contributed by atoms with E-state index in [1.54, 1.807) is 0 Å². The maximum atomic E-state index is 6.29. The number of nitrogens with two attached hydrogens (primary N) is 1. The van der Waals surface area contributed by atoms with Crippen molar-refractivity contribution >= 4 is 10.2 Å². The molecule has 1 heterocycles. The largest absolute Gasteiger partial charge is 0.294 e. The van der Waals surface area contributed by atoms with Gasteiger partial charge in [-0.2, -0.15) is 10.2 Å². The molecule has 3 aliphatic rings. The van der Waals surface area contributed by atoms with Gasteiger partial charge in [-0.1, -0.05) is 6.92 Å². The zero-order valence-corrected chi connectivity index (χ0v) is 7.29. The predicted octanol–water partition coefficient (Wildman–Crippen LogP) is 1.48. The van der Waals surface area contributed by atoms with Gasteiger partial charge in [0.1, 0.15) is 0 Å². The minimum Gasteiger partial charge on any atom is -0.294 e. The fourth-order valence-corrected chi connectivity index (χ4v) is 5.84. The molecule has 0 spiro atoms. The summed E-state index contributed by atoms with van der Waals surface area (Å²) in [5.74, 6) is 4.97. The quantitative estimate of drug-likeness (QED) is 0.573. The molecular weight excluding hydrogens is 142 g/mol. The molecule has 1 aliphatic heterocycles. The van der Waals surface area contributed by atoms with Crippen LogP contribution in [0.5, 0.6) is 0 Å². The van der Waals surface area contributed by atoms with E-state index in [1.807, 2.05) is 0 Å². The lowest BCUT2D eigenvalue weighted by molar-refractivity contribution is 0.358. The van der Waals surface area contributed by atoms with Crippen LogP contribution in [-0.4, -0.2) is 16.3 Å². The van der Waals surface area contributed by atoms with Crippen LogP contribution in [0.3, 0.4) is 0 Å². The zero-order chi connectivity index (χ0) is 6.98. The average molecular weight is 157 g/mol. The van der Waals surface area contributed by atoms with Crippen molar-refractivity contribution in [3.8, 4) is 0 Å². The molecule has 2 N–H and O–H groups in total. The summed E-state index contributed by atoms with van der Waals surface area (Å²) in [6, 6.07) is 0. The third-order valence-electron chi connectivity index (χ3n) is 3.95. The highest BCUT2D eigenvalue weighted by Gasteiger charge is 2.69. The summed E-state index contributed by atoms with van der Waals surface area (Å²) in [5.41, 5.74) is 0. The van der Waals surface area contributed by atoms with Crippen LogP contribution in [0.1, 0.15) is 19.8 Å². The molecule has 0 aromatic heterocycles. The standard InChI is InChI=1S/C8H15NS/c1-8(10(9)2-3-10)5-6-4-7(6)8/h6-7H,2-5,9H2,1H3. The van der Waals surface area contributed by atoms with Gasteiger partial charge in [0.05, 0.1) is 0 Å². The van der Waals surface area contributed by atoms with Crippen LogP contribution in [0.2, 0.25) is 0 Å². The van der Waals surface area contributed by atoms with Gasteiger partial charge < -0.3 is 0 Å². The fraction of sp³-hybridized carbons (Fsp3) is 1.00. The van der Waals surface area contributed by atoms with Crippen LogP contribution < -0.4 is 5.14 Å². The predicted molar refractivity (Wildman–Crippen MR) is 46.1 cm³/mol. The fourth-order valence-electron chi connectivity index (χ4n) is 2.76. The van der Waals surface area contributed by atoms with E-state index in [1.165, 1.54) is 24.3 Å². The molecule has 1 nitrogen and oxygen atoms in total. The molecule has 0 aromatic rings. The van der Waals surface area contributed by atoms with E-state index in [0.717, 1.165) is 11.8 Å². The Hall–Kier alpha value is 0.310. The van der Waals surface area contributed by atoms with Crippen LogP contribution in [0.25, 0.3) is 0 Å². The molecule has 58 valence electrons. The Bertz CT molecular complexity index is 199. The molecule has 3 rings (SSSR count). The second kappa shape index (κ2) is 1.29. The van der Waals surface area contributed by atoms with E-state index >= 15 is 0 Å². The van der Waals surface area contributed by atoms with Crippen molar-refractivity contribution in [3.63, 3.8) is 0 Å². The van der Waals surface area contributed by atoms with Crippen LogP contribution >= 0.6 is 10.2 Å². The highest BCUT2D eigenvalue weighted by atomic mass is 32.3. The van der Waals surface area contributed by atoms with Crippen LogP contribution in [0.4, 0.5) is 0 Å². The number of fused-ring (bicyclic) bond motifs is 1. The number of hydrogen-bond donors (Lipinski definition) is 1. The summed E-state index contributed by atoms with van der Waals surface area (Å²) < 4.78 is 0.664. The maximum absolute atomic E-state index is 6.29. The van der Waals surface area contributed by atoms with E-state index < -0.39 is 10.2 Å². The van der Waals surface area contributed by atoms with Crippen molar-refractivity contribution in [3.05, 3.63) is 0 Å². The molecule has 0 amide bonds. The normalized spacial score (nSPS) is 63.8. The topological polar surface area (TPSA) is 26.0 Å². The van der Waals surface area contributed by atoms with E-state index in [9.17, 15) is 0 Å². The van der Waals surface area contributed by atoms with E-state index in [-0.39, 0.29) is 0 Å². The zero-order valence-electron chi connectivity index (χ0n) is 6.47. The van der Waals surface area contributed by atoms with Gasteiger partial charge in [-0.3, -0.25) is 5.14 Å². The Morgan fingerprint density at radius 3 is 2.50 bits per heavy atom. The Morgan fingerprint density at radius 1 is 1.50 bits per heavy atom. The van der Waals surface area contributed by atoms with Gasteiger partial charge in [0.25, 0.3) is 0 Å². The molecular formula is C8H15NS. The first kappa shape index (κ1) is 5.90. The minimum absolute atomic E-state index is 0.523. The first-order chi connectivity index (χ1) is 4.66. The van der Waals surface area contributed by atoms with Crippen LogP contribution in [0.15, 0.2) is 0 Å². The molecule has 3 atom stereocenters. The third kappa shape index (κ3) is 0.453. The monoisotopic (exact) mass is 157 g/mol. The second-order valence-electron chi connectivity index (χ2n) is 4.47. The number of rotatable bonds is 1. The lowest BCUT2D eigenvalue weighted by Gasteiger charge is -2.46. The van der Waals surface area contributed by atoms with Crippen molar-refractivity contribution in [2.75, 3.05) is 11.5 Å². The summed E-state index contributed by atoms with van der Waals surface area (Å²) in [5, 5.41) is 6.29. The number of hydrogen-bond acceptors (Lipinski definition) is 1. The van der Waals surface area contributed by atoms with E-state index in [0.29, 0.717) is 4.75 Å². The van der Waals surface area contributed by atoms with Gasteiger partial charge in [-0.25, -0.2) is 0 Å². The Kier molecular flexibility index (Phi) is 0.762. The summed E-state index contributed by atoms with van der Waals surface area (Å²) >= 11 is 0. The smallest absolute Gasteiger partial charge is 0.0121 e. The van der Waals surface area contributed by atoms with Gasteiger partial charge in [0.15, 0.2) is 0 Å². The molecule has 2 aliphatic carbocycles. The highest BCUT2D eigenvalue weighted by Crippen LogP contribution is 2.80. The molecule has 3 unspecified atom stereocenters.